The predicted molar refractivity (Wildman–Crippen MR) is 98.4 cm³/mol. The molecule has 0 fully saturated rings. The fourth-order valence-electron chi connectivity index (χ4n) is 2.91. The Bertz CT molecular complexity index is 849. The molecule has 0 saturated heterocycles. The van der Waals surface area contributed by atoms with Gasteiger partial charge >= 0.3 is 0 Å². The lowest BCUT2D eigenvalue weighted by atomic mass is 10.1. The SMILES string of the molecule is CC1=NN(c2ccc(C(=O)N(C)[C@@H](C)c3ccc(F)c(F)c3)cc2)CC1. The van der Waals surface area contributed by atoms with Crippen LogP contribution in [0.2, 0.25) is 0 Å². The minimum Gasteiger partial charge on any atom is -0.335 e. The maximum Gasteiger partial charge on any atom is 0.254 e. The number of nitrogens with zero attached hydrogens (tertiary/aromatic N) is 3. The summed E-state index contributed by atoms with van der Waals surface area (Å²) < 4.78 is 26.6. The van der Waals surface area contributed by atoms with Crippen LogP contribution in [0.25, 0.3) is 0 Å². The lowest BCUT2D eigenvalue weighted by Gasteiger charge is -2.26. The van der Waals surface area contributed by atoms with Gasteiger partial charge in [-0.05, 0) is 55.8 Å². The molecule has 2 aromatic carbocycles. The second kappa shape index (κ2) is 7.23. The maximum absolute atomic E-state index is 13.5. The van der Waals surface area contributed by atoms with Gasteiger partial charge in [-0.3, -0.25) is 9.80 Å². The zero-order chi connectivity index (χ0) is 18.8. The Kier molecular flexibility index (Phi) is 5.02. The van der Waals surface area contributed by atoms with Gasteiger partial charge in [-0.1, -0.05) is 6.07 Å². The van der Waals surface area contributed by atoms with Crippen LogP contribution in [0.1, 0.15) is 42.2 Å². The largest absolute Gasteiger partial charge is 0.335 e. The summed E-state index contributed by atoms with van der Waals surface area (Å²) in [6, 6.07) is 10.6. The molecule has 1 amide bonds. The van der Waals surface area contributed by atoms with Crippen molar-refractivity contribution in [2.75, 3.05) is 18.6 Å². The molecule has 1 atom stereocenters. The molecule has 6 heteroatoms. The van der Waals surface area contributed by atoms with Crippen LogP contribution in [0.3, 0.4) is 0 Å². The lowest BCUT2D eigenvalue weighted by Crippen LogP contribution is -2.29. The van der Waals surface area contributed by atoms with E-state index in [0.29, 0.717) is 11.1 Å². The summed E-state index contributed by atoms with van der Waals surface area (Å²) in [4.78, 5) is 14.2. The molecule has 0 radical (unpaired) electrons. The van der Waals surface area contributed by atoms with Crippen molar-refractivity contribution >= 4 is 17.3 Å². The number of carbonyl (C=O) groups is 1. The highest BCUT2D eigenvalue weighted by atomic mass is 19.2. The van der Waals surface area contributed by atoms with Crippen LogP contribution in [-0.4, -0.2) is 30.1 Å². The Balaban J connectivity index is 1.74. The monoisotopic (exact) mass is 357 g/mol. The number of rotatable bonds is 4. The van der Waals surface area contributed by atoms with E-state index >= 15 is 0 Å². The van der Waals surface area contributed by atoms with Gasteiger partial charge in [-0.25, -0.2) is 8.78 Å². The van der Waals surface area contributed by atoms with Gasteiger partial charge in [-0.15, -0.1) is 0 Å². The average molecular weight is 357 g/mol. The van der Waals surface area contributed by atoms with Crippen molar-refractivity contribution in [2.45, 2.75) is 26.3 Å². The molecule has 1 aliphatic heterocycles. The summed E-state index contributed by atoms with van der Waals surface area (Å²) in [6.07, 6.45) is 0.940. The Hall–Kier alpha value is -2.76. The molecular weight excluding hydrogens is 336 g/mol. The van der Waals surface area contributed by atoms with Gasteiger partial charge in [0.1, 0.15) is 0 Å². The van der Waals surface area contributed by atoms with E-state index in [0.717, 1.165) is 36.5 Å². The predicted octanol–water partition coefficient (Wildman–Crippen LogP) is 4.38. The normalized spacial score (nSPS) is 15.0. The molecule has 26 heavy (non-hydrogen) atoms. The molecule has 2 aromatic rings. The smallest absolute Gasteiger partial charge is 0.254 e. The van der Waals surface area contributed by atoms with Gasteiger partial charge in [-0.2, -0.15) is 5.10 Å². The van der Waals surface area contributed by atoms with Crippen LogP contribution in [0.15, 0.2) is 47.6 Å². The van der Waals surface area contributed by atoms with E-state index in [1.807, 2.05) is 24.1 Å². The van der Waals surface area contributed by atoms with Gasteiger partial charge < -0.3 is 4.90 Å². The molecule has 136 valence electrons. The third-order valence-corrected chi connectivity index (χ3v) is 4.72. The van der Waals surface area contributed by atoms with Gasteiger partial charge in [0.2, 0.25) is 0 Å². The fraction of sp³-hybridized carbons (Fsp3) is 0.300. The number of halogens is 2. The molecule has 1 aliphatic rings. The van der Waals surface area contributed by atoms with E-state index in [2.05, 4.69) is 5.10 Å². The van der Waals surface area contributed by atoms with Gasteiger partial charge in [0.05, 0.1) is 11.7 Å². The highest BCUT2D eigenvalue weighted by Gasteiger charge is 2.20. The van der Waals surface area contributed by atoms with Crippen LogP contribution >= 0.6 is 0 Å². The van der Waals surface area contributed by atoms with Crippen molar-refractivity contribution in [1.29, 1.82) is 0 Å². The second-order valence-corrected chi connectivity index (χ2v) is 6.52. The highest BCUT2D eigenvalue weighted by Crippen LogP contribution is 2.24. The summed E-state index contributed by atoms with van der Waals surface area (Å²) in [6.45, 7) is 4.61. The molecule has 0 bridgehead atoms. The van der Waals surface area contributed by atoms with Crippen molar-refractivity contribution in [3.05, 3.63) is 65.2 Å². The van der Waals surface area contributed by atoms with Crippen molar-refractivity contribution in [3.8, 4) is 0 Å². The number of anilines is 1. The summed E-state index contributed by atoms with van der Waals surface area (Å²) in [5.41, 5.74) is 3.10. The van der Waals surface area contributed by atoms with E-state index in [4.69, 9.17) is 0 Å². The zero-order valence-corrected chi connectivity index (χ0v) is 15.0. The highest BCUT2D eigenvalue weighted by molar-refractivity contribution is 5.94. The first-order chi connectivity index (χ1) is 12.4. The molecule has 0 spiro atoms. The Morgan fingerprint density at radius 1 is 1.15 bits per heavy atom. The molecule has 0 unspecified atom stereocenters. The summed E-state index contributed by atoms with van der Waals surface area (Å²) >= 11 is 0. The maximum atomic E-state index is 13.5. The van der Waals surface area contributed by atoms with Gasteiger partial charge in [0.15, 0.2) is 11.6 Å². The summed E-state index contributed by atoms with van der Waals surface area (Å²) in [5.74, 6) is -2.00. The lowest BCUT2D eigenvalue weighted by molar-refractivity contribution is 0.0742. The van der Waals surface area contributed by atoms with Crippen LogP contribution in [0, 0.1) is 11.6 Å². The van der Waals surface area contributed by atoms with E-state index < -0.39 is 11.6 Å². The van der Waals surface area contributed by atoms with Crippen LogP contribution in [-0.2, 0) is 0 Å². The quantitative estimate of drug-likeness (QED) is 0.814. The number of amides is 1. The van der Waals surface area contributed by atoms with Crippen molar-refractivity contribution in [1.82, 2.24) is 4.90 Å². The van der Waals surface area contributed by atoms with E-state index in [1.165, 1.54) is 11.0 Å². The van der Waals surface area contributed by atoms with Gasteiger partial charge in [0.25, 0.3) is 5.91 Å². The molecule has 0 N–H and O–H groups in total. The van der Waals surface area contributed by atoms with Crippen LogP contribution in [0.4, 0.5) is 14.5 Å². The molecular formula is C20H21F2N3O. The molecule has 0 saturated carbocycles. The van der Waals surface area contributed by atoms with E-state index in [9.17, 15) is 13.6 Å². The number of carbonyl (C=O) groups excluding carboxylic acids is 1. The van der Waals surface area contributed by atoms with Crippen LogP contribution in [0.5, 0.6) is 0 Å². The Morgan fingerprint density at radius 3 is 2.42 bits per heavy atom. The second-order valence-electron chi connectivity index (χ2n) is 6.52. The third kappa shape index (κ3) is 3.59. The fourth-order valence-corrected chi connectivity index (χ4v) is 2.91. The third-order valence-electron chi connectivity index (χ3n) is 4.72. The first kappa shape index (κ1) is 18.0. The summed E-state index contributed by atoms with van der Waals surface area (Å²) in [7, 11) is 1.65. The minimum atomic E-state index is -0.916. The topological polar surface area (TPSA) is 35.9 Å². The number of hydrogen-bond acceptors (Lipinski definition) is 3. The standard InChI is InChI=1S/C20H21F2N3O/c1-13-10-11-25(23-13)17-7-4-15(5-8-17)20(26)24(3)14(2)16-6-9-18(21)19(22)12-16/h4-9,12,14H,10-11H2,1-3H3/t14-/m0/s1. The molecule has 0 aromatic heterocycles. The number of benzene rings is 2. The number of hydrogen-bond donors (Lipinski definition) is 0. The minimum absolute atomic E-state index is 0.185. The van der Waals surface area contributed by atoms with E-state index in [1.54, 1.807) is 26.1 Å². The average Bonchev–Trinajstić information content (AvgIpc) is 3.08. The zero-order valence-electron chi connectivity index (χ0n) is 15.0. The van der Waals surface area contributed by atoms with Gasteiger partial charge in [0, 0.05) is 31.3 Å². The molecule has 1 heterocycles. The van der Waals surface area contributed by atoms with Crippen molar-refractivity contribution < 1.29 is 13.6 Å². The number of hydrazone groups is 1. The van der Waals surface area contributed by atoms with Crippen LogP contribution < -0.4 is 5.01 Å². The first-order valence-electron chi connectivity index (χ1n) is 8.50. The Morgan fingerprint density at radius 2 is 1.85 bits per heavy atom. The molecule has 3 rings (SSSR count). The van der Waals surface area contributed by atoms with Crippen molar-refractivity contribution in [3.63, 3.8) is 0 Å². The first-order valence-corrected chi connectivity index (χ1v) is 8.50. The molecule has 4 nitrogen and oxygen atoms in total. The van der Waals surface area contributed by atoms with E-state index in [-0.39, 0.29) is 11.9 Å². The Labute approximate surface area is 151 Å². The van der Waals surface area contributed by atoms with Crippen molar-refractivity contribution in [2.24, 2.45) is 5.10 Å². The summed E-state index contributed by atoms with van der Waals surface area (Å²) in [5, 5.41) is 6.35. The molecule has 0 aliphatic carbocycles.